The van der Waals surface area contributed by atoms with Gasteiger partial charge in [0.15, 0.2) is 5.78 Å². The molecule has 3 saturated carbocycles. The third-order valence-corrected chi connectivity index (χ3v) is 8.62. The summed E-state index contributed by atoms with van der Waals surface area (Å²) in [6.07, 6.45) is 10.8. The Hall–Kier alpha value is -0.670. The number of ketones is 1. The van der Waals surface area contributed by atoms with Crippen LogP contribution >= 0.6 is 0 Å². The molecule has 3 heteroatoms. The van der Waals surface area contributed by atoms with Crippen LogP contribution in [0.2, 0.25) is 0 Å². The summed E-state index contributed by atoms with van der Waals surface area (Å²) in [4.78, 5) is 12.3. The maximum Gasteiger partial charge on any atom is 0.161 e. The second-order valence-corrected chi connectivity index (χ2v) is 9.45. The Morgan fingerprint density at radius 3 is 2.71 bits per heavy atom. The van der Waals surface area contributed by atoms with Crippen molar-refractivity contribution in [3.8, 4) is 0 Å². The fourth-order valence-corrected chi connectivity index (χ4v) is 7.28. The number of Topliss-reactive ketones (excluding diaryl/α,β-unsaturated/α-hetero) is 1. The molecule has 0 amide bonds. The van der Waals surface area contributed by atoms with Crippen molar-refractivity contribution in [2.75, 3.05) is 6.61 Å². The first-order valence-corrected chi connectivity index (χ1v) is 9.91. The molecule has 0 unspecified atom stereocenters. The number of carbonyl (C=O) groups excluding carboxylic acids is 1. The molecule has 0 saturated heterocycles. The minimum atomic E-state index is -0.291. The largest absolute Gasteiger partial charge is 0.393 e. The first-order chi connectivity index (χ1) is 11.4. The molecule has 4 aliphatic rings. The third-order valence-electron chi connectivity index (χ3n) is 8.62. The molecule has 2 N–H and O–H groups in total. The molecule has 4 aliphatic carbocycles. The zero-order valence-corrected chi connectivity index (χ0v) is 15.1. The summed E-state index contributed by atoms with van der Waals surface area (Å²) in [5.74, 6) is 2.16. The van der Waals surface area contributed by atoms with Crippen molar-refractivity contribution < 1.29 is 15.0 Å². The predicted molar refractivity (Wildman–Crippen MR) is 93.3 cm³/mol. The summed E-state index contributed by atoms with van der Waals surface area (Å²) in [6.45, 7) is 4.47. The molecule has 0 aromatic rings. The van der Waals surface area contributed by atoms with Gasteiger partial charge in [0.25, 0.3) is 0 Å². The molecular formula is C21H32O3. The van der Waals surface area contributed by atoms with Crippen LogP contribution in [0.25, 0.3) is 0 Å². The SMILES string of the molecule is C[C@@]12CC[C@@H]3[C@H](CC=C4C[C@H](O)CC[C@@]43C)[C@H]1CC[C@H]2C(=O)CO. The minimum absolute atomic E-state index is 0.0671. The average molecular weight is 332 g/mol. The highest BCUT2D eigenvalue weighted by Gasteiger charge is 2.59. The van der Waals surface area contributed by atoms with Crippen molar-refractivity contribution in [1.29, 1.82) is 0 Å². The van der Waals surface area contributed by atoms with Crippen molar-refractivity contribution in [1.82, 2.24) is 0 Å². The Labute approximate surface area is 145 Å². The Morgan fingerprint density at radius 2 is 1.96 bits per heavy atom. The lowest BCUT2D eigenvalue weighted by Gasteiger charge is -2.57. The highest BCUT2D eigenvalue weighted by molar-refractivity contribution is 5.83. The first kappa shape index (κ1) is 16.8. The van der Waals surface area contributed by atoms with Crippen molar-refractivity contribution in [2.24, 2.45) is 34.5 Å². The lowest BCUT2D eigenvalue weighted by molar-refractivity contribution is -0.132. The highest BCUT2D eigenvalue weighted by Crippen LogP contribution is 2.66. The zero-order valence-electron chi connectivity index (χ0n) is 15.1. The van der Waals surface area contributed by atoms with Gasteiger partial charge in [0.05, 0.1) is 6.10 Å². The fourth-order valence-electron chi connectivity index (χ4n) is 7.28. The molecular weight excluding hydrogens is 300 g/mol. The smallest absolute Gasteiger partial charge is 0.161 e. The highest BCUT2D eigenvalue weighted by atomic mass is 16.3. The van der Waals surface area contributed by atoms with Crippen molar-refractivity contribution in [3.63, 3.8) is 0 Å². The van der Waals surface area contributed by atoms with Gasteiger partial charge in [-0.2, -0.15) is 0 Å². The summed E-state index contributed by atoms with van der Waals surface area (Å²) in [5, 5.41) is 19.4. The molecule has 0 heterocycles. The van der Waals surface area contributed by atoms with Crippen LogP contribution in [0.1, 0.15) is 65.2 Å². The monoisotopic (exact) mass is 332 g/mol. The molecule has 0 spiro atoms. The lowest BCUT2D eigenvalue weighted by Crippen LogP contribution is -2.51. The molecule has 134 valence electrons. The van der Waals surface area contributed by atoms with Crippen molar-refractivity contribution in [3.05, 3.63) is 11.6 Å². The van der Waals surface area contributed by atoms with E-state index in [4.69, 9.17) is 0 Å². The number of aliphatic hydroxyl groups is 2. The first-order valence-electron chi connectivity index (χ1n) is 9.91. The number of fused-ring (bicyclic) bond motifs is 5. The third kappa shape index (κ3) is 2.20. The maximum atomic E-state index is 12.3. The number of aliphatic hydroxyl groups excluding tert-OH is 2. The molecule has 0 bridgehead atoms. The van der Waals surface area contributed by atoms with E-state index in [1.54, 1.807) is 0 Å². The van der Waals surface area contributed by atoms with E-state index in [-0.39, 0.29) is 35.2 Å². The van der Waals surface area contributed by atoms with Crippen LogP contribution in [0.5, 0.6) is 0 Å². The maximum absolute atomic E-state index is 12.3. The van der Waals surface area contributed by atoms with Crippen LogP contribution in [0.15, 0.2) is 11.6 Å². The van der Waals surface area contributed by atoms with Gasteiger partial charge in [-0.3, -0.25) is 4.79 Å². The van der Waals surface area contributed by atoms with Gasteiger partial charge >= 0.3 is 0 Å². The van der Waals surface area contributed by atoms with Gasteiger partial charge in [0.1, 0.15) is 6.61 Å². The second-order valence-electron chi connectivity index (χ2n) is 9.45. The van der Waals surface area contributed by atoms with Gasteiger partial charge in [-0.15, -0.1) is 0 Å². The van der Waals surface area contributed by atoms with Crippen LogP contribution in [0.3, 0.4) is 0 Å². The van der Waals surface area contributed by atoms with E-state index in [0.717, 1.165) is 44.9 Å². The summed E-state index contributed by atoms with van der Waals surface area (Å²) in [6, 6.07) is 0. The van der Waals surface area contributed by atoms with Crippen molar-refractivity contribution >= 4 is 5.78 Å². The number of rotatable bonds is 2. The van der Waals surface area contributed by atoms with E-state index >= 15 is 0 Å². The Kier molecular flexibility index (Phi) is 3.96. The quantitative estimate of drug-likeness (QED) is 0.761. The number of hydrogen-bond donors (Lipinski definition) is 2. The van der Waals surface area contributed by atoms with E-state index in [0.29, 0.717) is 17.8 Å². The van der Waals surface area contributed by atoms with E-state index < -0.39 is 0 Å². The number of allylic oxidation sites excluding steroid dienone is 1. The standard InChI is InChI=1S/C21H32O3/c1-20-9-7-14(23)11-13(20)3-4-15-16-5-6-18(19(24)12-22)21(16,2)10-8-17(15)20/h3,14-18,22-23H,4-12H2,1-2H3/t14-,15-,16-,17-,18+,20+,21-/m1/s1. The molecule has 4 rings (SSSR count). The lowest BCUT2D eigenvalue weighted by atomic mass is 9.47. The second kappa shape index (κ2) is 5.67. The number of carbonyl (C=O) groups is 1. The number of hydrogen-bond acceptors (Lipinski definition) is 3. The van der Waals surface area contributed by atoms with Crippen LogP contribution in [-0.4, -0.2) is 28.7 Å². The van der Waals surface area contributed by atoms with Gasteiger partial charge in [0.2, 0.25) is 0 Å². The zero-order chi connectivity index (χ0) is 17.1. The van der Waals surface area contributed by atoms with Crippen LogP contribution in [-0.2, 0) is 4.79 Å². The van der Waals surface area contributed by atoms with Gasteiger partial charge in [-0.25, -0.2) is 0 Å². The van der Waals surface area contributed by atoms with E-state index in [1.165, 1.54) is 12.0 Å². The fraction of sp³-hybridized carbons (Fsp3) is 0.857. The Balaban J connectivity index is 1.64. The molecule has 3 fully saturated rings. The summed E-state index contributed by atoms with van der Waals surface area (Å²) in [5.41, 5.74) is 1.87. The van der Waals surface area contributed by atoms with Gasteiger partial charge in [0, 0.05) is 5.92 Å². The Morgan fingerprint density at radius 1 is 1.17 bits per heavy atom. The van der Waals surface area contributed by atoms with E-state index in [1.807, 2.05) is 0 Å². The molecule has 0 radical (unpaired) electrons. The summed E-state index contributed by atoms with van der Waals surface area (Å²) in [7, 11) is 0. The molecule has 7 atom stereocenters. The summed E-state index contributed by atoms with van der Waals surface area (Å²) >= 11 is 0. The van der Waals surface area contributed by atoms with Crippen LogP contribution in [0.4, 0.5) is 0 Å². The van der Waals surface area contributed by atoms with Crippen LogP contribution < -0.4 is 0 Å². The molecule has 0 aliphatic heterocycles. The molecule has 3 nitrogen and oxygen atoms in total. The van der Waals surface area contributed by atoms with Crippen molar-refractivity contribution in [2.45, 2.75) is 71.3 Å². The topological polar surface area (TPSA) is 57.5 Å². The predicted octanol–water partition coefficient (Wildman–Crippen LogP) is 3.49. The van der Waals surface area contributed by atoms with Gasteiger partial charge in [-0.05, 0) is 80.0 Å². The molecule has 24 heavy (non-hydrogen) atoms. The van der Waals surface area contributed by atoms with Crippen LogP contribution in [0, 0.1) is 34.5 Å². The van der Waals surface area contributed by atoms with Gasteiger partial charge < -0.3 is 10.2 Å². The van der Waals surface area contributed by atoms with E-state index in [9.17, 15) is 15.0 Å². The minimum Gasteiger partial charge on any atom is -0.393 e. The van der Waals surface area contributed by atoms with E-state index in [2.05, 4.69) is 19.9 Å². The molecule has 0 aromatic carbocycles. The molecule has 0 aromatic heterocycles. The van der Waals surface area contributed by atoms with Gasteiger partial charge in [-0.1, -0.05) is 25.5 Å². The summed E-state index contributed by atoms with van der Waals surface area (Å²) < 4.78 is 0. The average Bonchev–Trinajstić information content (AvgIpc) is 2.92. The Bertz CT molecular complexity index is 567. The normalized spacial score (nSPS) is 50.5.